The van der Waals surface area contributed by atoms with E-state index < -0.39 is 0 Å². The fourth-order valence-corrected chi connectivity index (χ4v) is 0.0791. The molecule has 0 spiro atoms. The molecule has 5 heavy (non-hydrogen) atoms. The Morgan fingerprint density at radius 1 is 2.00 bits per heavy atom. The van der Waals surface area contributed by atoms with Crippen LogP contribution in [-0.2, 0) is 5.11 Å². The average molecular weight is 88.1 g/mol. The average Bonchev–Trinajstić information content (AvgIpc) is 1.41. The first-order valence-corrected chi connectivity index (χ1v) is 1.99. The van der Waals surface area contributed by atoms with E-state index in [1.165, 1.54) is 0 Å². The van der Waals surface area contributed by atoms with E-state index in [1.807, 2.05) is 0 Å². The maximum absolute atomic E-state index is 9.27. The van der Waals surface area contributed by atoms with E-state index >= 15 is 0 Å². The normalized spacial score (nSPS) is 6.40. The number of thioether (sulfide) groups is 1. The van der Waals surface area contributed by atoms with Crippen molar-refractivity contribution in [2.75, 3.05) is 5.94 Å². The number of hydrogen-bond donors (Lipinski definition) is 0. The van der Waals surface area contributed by atoms with E-state index in [0.717, 1.165) is 0 Å². The lowest BCUT2D eigenvalue weighted by molar-refractivity contribution is 0.261. The summed E-state index contributed by atoms with van der Waals surface area (Å²) in [6, 6.07) is 0. The zero-order chi connectivity index (χ0) is 4.12. The van der Waals surface area contributed by atoms with Crippen LogP contribution in [0.5, 0.6) is 0 Å². The summed E-state index contributed by atoms with van der Waals surface area (Å²) in [4.78, 5) is 0. The first-order chi connectivity index (χ1) is 2.41. The summed E-state index contributed by atoms with van der Waals surface area (Å²) < 4.78 is 0. The summed E-state index contributed by atoms with van der Waals surface area (Å²) in [7, 11) is 0. The first kappa shape index (κ1) is 4.80. The van der Waals surface area contributed by atoms with Gasteiger partial charge in [-0.25, -0.2) is 5.11 Å². The summed E-state index contributed by atoms with van der Waals surface area (Å²) in [6.45, 7) is 0. The molecule has 2 nitrogen and oxygen atoms in total. The molecule has 3 heteroatoms. The molecule has 0 saturated heterocycles. The van der Waals surface area contributed by atoms with Crippen LogP contribution in [0.15, 0.2) is 0 Å². The van der Waals surface area contributed by atoms with Crippen LogP contribution in [0.3, 0.4) is 0 Å². The molecular formula is C2H2NOS. The molecule has 0 aliphatic rings. The van der Waals surface area contributed by atoms with Gasteiger partial charge in [-0.1, -0.05) is 0 Å². The third-order valence-corrected chi connectivity index (χ3v) is 0.370. The van der Waals surface area contributed by atoms with Gasteiger partial charge in [-0.05, 0) is 11.8 Å². The van der Waals surface area contributed by atoms with Crippen molar-refractivity contribution in [3.8, 4) is 5.40 Å². The molecule has 0 heterocycles. The van der Waals surface area contributed by atoms with Crippen molar-refractivity contribution in [2.24, 2.45) is 0 Å². The lowest BCUT2D eigenvalue weighted by Gasteiger charge is -1.62. The summed E-state index contributed by atoms with van der Waals surface area (Å²) in [5.41, 5.74) is 0. The highest BCUT2D eigenvalue weighted by Crippen LogP contribution is 1.88. The molecule has 0 atom stereocenters. The molecule has 0 aromatic carbocycles. The van der Waals surface area contributed by atoms with Crippen LogP contribution in [0, 0.1) is 10.7 Å². The second-order valence-corrected chi connectivity index (χ2v) is 1.06. The Bertz CT molecular complexity index is 48.1. The second kappa shape index (κ2) is 3.80. The largest absolute Gasteiger partial charge is 0.224 e. The summed E-state index contributed by atoms with van der Waals surface area (Å²) in [5, 5.41) is 18.5. The van der Waals surface area contributed by atoms with Crippen molar-refractivity contribution in [3.63, 3.8) is 0 Å². The summed E-state index contributed by atoms with van der Waals surface area (Å²) >= 11 is 0.713. The van der Waals surface area contributed by atoms with Crippen molar-refractivity contribution in [1.29, 1.82) is 5.26 Å². The molecule has 0 aromatic heterocycles. The number of rotatable bonds is 1. The van der Waals surface area contributed by atoms with Crippen molar-refractivity contribution in [3.05, 3.63) is 0 Å². The zero-order valence-corrected chi connectivity index (χ0v) is 3.29. The van der Waals surface area contributed by atoms with Crippen LogP contribution >= 0.6 is 11.8 Å². The molecule has 0 rings (SSSR count). The third kappa shape index (κ3) is 3.80. The van der Waals surface area contributed by atoms with Crippen LogP contribution in [0.2, 0.25) is 0 Å². The second-order valence-electron chi connectivity index (χ2n) is 0.353. The Labute approximate surface area is 34.4 Å². The first-order valence-electron chi connectivity index (χ1n) is 1.01. The smallest absolute Gasteiger partial charge is 0.142 e. The minimum absolute atomic E-state index is 0.351. The fraction of sp³-hybridized carbons (Fsp3) is 0.500. The van der Waals surface area contributed by atoms with Gasteiger partial charge in [0.1, 0.15) is 11.3 Å². The summed E-state index contributed by atoms with van der Waals surface area (Å²) in [6.07, 6.45) is 0. The molecule has 0 aliphatic heterocycles. The number of thiocyanates is 1. The SMILES string of the molecule is N#CSC[O]. The van der Waals surface area contributed by atoms with E-state index in [-0.39, 0.29) is 5.94 Å². The van der Waals surface area contributed by atoms with Gasteiger partial charge in [0, 0.05) is 0 Å². The predicted octanol–water partition coefficient (Wildman–Crippen LogP) is 0.589. The van der Waals surface area contributed by atoms with E-state index in [1.54, 1.807) is 5.40 Å². The maximum Gasteiger partial charge on any atom is 0.142 e. The van der Waals surface area contributed by atoms with Gasteiger partial charge in [0.05, 0.1) is 0 Å². The van der Waals surface area contributed by atoms with Crippen molar-refractivity contribution in [2.45, 2.75) is 0 Å². The van der Waals surface area contributed by atoms with Gasteiger partial charge in [0.15, 0.2) is 0 Å². The monoisotopic (exact) mass is 88.0 g/mol. The van der Waals surface area contributed by atoms with E-state index in [0.29, 0.717) is 11.8 Å². The Hall–Kier alpha value is -0.200. The fourth-order valence-electron chi connectivity index (χ4n) is 0.0264. The molecule has 0 fully saturated rings. The highest BCUT2D eigenvalue weighted by molar-refractivity contribution is 8.03. The minimum Gasteiger partial charge on any atom is -0.224 e. The van der Waals surface area contributed by atoms with Crippen LogP contribution < -0.4 is 0 Å². The molecule has 1 radical (unpaired) electrons. The standard InChI is InChI=1S/C2H2NOS/c3-1-5-2-4/h2H2. The molecule has 0 amide bonds. The Morgan fingerprint density at radius 3 is 2.60 bits per heavy atom. The zero-order valence-electron chi connectivity index (χ0n) is 2.47. The van der Waals surface area contributed by atoms with Gasteiger partial charge < -0.3 is 0 Å². The summed E-state index contributed by atoms with van der Waals surface area (Å²) in [5.74, 6) is -0.351. The number of nitriles is 1. The van der Waals surface area contributed by atoms with Gasteiger partial charge in [-0.3, -0.25) is 0 Å². The minimum atomic E-state index is -0.351. The third-order valence-electron chi connectivity index (χ3n) is 0.123. The highest BCUT2D eigenvalue weighted by Gasteiger charge is 1.69. The van der Waals surface area contributed by atoms with E-state index in [4.69, 9.17) is 5.26 Å². The molecule has 0 aliphatic carbocycles. The van der Waals surface area contributed by atoms with Crippen LogP contribution in [0.25, 0.3) is 0 Å². The molecule has 0 saturated carbocycles. The maximum atomic E-state index is 9.27. The Morgan fingerprint density at radius 2 is 2.60 bits per heavy atom. The molecule has 0 aromatic rings. The molecule has 0 bridgehead atoms. The number of nitrogens with zero attached hydrogens (tertiary/aromatic N) is 1. The van der Waals surface area contributed by atoms with Crippen molar-refractivity contribution < 1.29 is 5.11 Å². The predicted molar refractivity (Wildman–Crippen MR) is 18.8 cm³/mol. The topological polar surface area (TPSA) is 43.7 Å². The Balaban J connectivity index is 2.48. The number of hydrogen-bond acceptors (Lipinski definition) is 2. The van der Waals surface area contributed by atoms with Gasteiger partial charge in [0.25, 0.3) is 0 Å². The van der Waals surface area contributed by atoms with E-state index in [9.17, 15) is 5.11 Å². The van der Waals surface area contributed by atoms with Crippen LogP contribution in [0.4, 0.5) is 0 Å². The van der Waals surface area contributed by atoms with E-state index in [2.05, 4.69) is 0 Å². The van der Waals surface area contributed by atoms with Gasteiger partial charge >= 0.3 is 0 Å². The van der Waals surface area contributed by atoms with Gasteiger partial charge in [-0.15, -0.1) is 0 Å². The van der Waals surface area contributed by atoms with Gasteiger partial charge in [0.2, 0.25) is 0 Å². The highest BCUT2D eigenvalue weighted by atomic mass is 32.2. The molecule has 27 valence electrons. The molecule has 0 unspecified atom stereocenters. The lowest BCUT2D eigenvalue weighted by atomic mass is 11.7. The molecule has 0 N–H and O–H groups in total. The van der Waals surface area contributed by atoms with Crippen LogP contribution in [0.1, 0.15) is 0 Å². The molecular weight excluding hydrogens is 86.1 g/mol. The Kier molecular flexibility index (Phi) is 3.65. The van der Waals surface area contributed by atoms with Crippen molar-refractivity contribution >= 4 is 11.8 Å². The lowest BCUT2D eigenvalue weighted by Crippen LogP contribution is -1.57. The van der Waals surface area contributed by atoms with Crippen molar-refractivity contribution in [1.82, 2.24) is 0 Å². The quantitative estimate of drug-likeness (QED) is 0.348. The van der Waals surface area contributed by atoms with Crippen LogP contribution in [-0.4, -0.2) is 5.94 Å². The van der Waals surface area contributed by atoms with Gasteiger partial charge in [-0.2, -0.15) is 5.26 Å².